The quantitative estimate of drug-likeness (QED) is 0.913. The summed E-state index contributed by atoms with van der Waals surface area (Å²) < 4.78 is 10.3. The van der Waals surface area contributed by atoms with Gasteiger partial charge in [-0.3, -0.25) is 4.79 Å². The van der Waals surface area contributed by atoms with Crippen molar-refractivity contribution in [2.45, 2.75) is 19.9 Å². The normalized spacial score (nSPS) is 12.4. The number of nitrogens with zero attached hydrogens (tertiary/aromatic N) is 1. The maximum absolute atomic E-state index is 12.1. The zero-order valence-electron chi connectivity index (χ0n) is 11.1. The van der Waals surface area contributed by atoms with Crippen LogP contribution in [0, 0.1) is 6.92 Å². The SMILES string of the molecule is COC[C@H](C)NC(=O)c1nc(-c2ccco2)sc1C. The van der Waals surface area contributed by atoms with E-state index in [1.165, 1.54) is 11.3 Å². The van der Waals surface area contributed by atoms with Crippen molar-refractivity contribution in [2.24, 2.45) is 0 Å². The van der Waals surface area contributed by atoms with Gasteiger partial charge in [-0.25, -0.2) is 4.98 Å². The highest BCUT2D eigenvalue weighted by molar-refractivity contribution is 7.15. The van der Waals surface area contributed by atoms with Crippen molar-refractivity contribution < 1.29 is 13.9 Å². The molecule has 0 fully saturated rings. The minimum atomic E-state index is -0.184. The van der Waals surface area contributed by atoms with E-state index in [0.29, 0.717) is 23.1 Å². The summed E-state index contributed by atoms with van der Waals surface area (Å²) in [6.45, 7) is 4.23. The number of rotatable bonds is 5. The van der Waals surface area contributed by atoms with Crippen molar-refractivity contribution in [3.63, 3.8) is 0 Å². The molecule has 1 amide bonds. The van der Waals surface area contributed by atoms with Crippen LogP contribution in [-0.4, -0.2) is 30.6 Å². The predicted molar refractivity (Wildman–Crippen MR) is 73.4 cm³/mol. The lowest BCUT2D eigenvalue weighted by Gasteiger charge is -2.11. The molecule has 2 rings (SSSR count). The van der Waals surface area contributed by atoms with E-state index < -0.39 is 0 Å². The molecule has 19 heavy (non-hydrogen) atoms. The van der Waals surface area contributed by atoms with Crippen LogP contribution in [0.4, 0.5) is 0 Å². The molecular formula is C13H16N2O3S. The number of nitrogens with one attached hydrogen (secondary N) is 1. The van der Waals surface area contributed by atoms with Gasteiger partial charge in [-0.1, -0.05) is 0 Å². The van der Waals surface area contributed by atoms with Crippen molar-refractivity contribution >= 4 is 17.2 Å². The molecule has 0 bridgehead atoms. The number of carbonyl (C=O) groups excluding carboxylic acids is 1. The van der Waals surface area contributed by atoms with Crippen LogP contribution in [0.15, 0.2) is 22.8 Å². The van der Waals surface area contributed by atoms with Crippen LogP contribution in [0.3, 0.4) is 0 Å². The molecule has 0 saturated heterocycles. The summed E-state index contributed by atoms with van der Waals surface area (Å²) in [5.74, 6) is 0.494. The van der Waals surface area contributed by atoms with E-state index in [2.05, 4.69) is 10.3 Å². The number of aromatic nitrogens is 1. The Kier molecular flexibility index (Phi) is 4.34. The molecule has 0 aliphatic heterocycles. The van der Waals surface area contributed by atoms with Crippen molar-refractivity contribution in [1.29, 1.82) is 0 Å². The lowest BCUT2D eigenvalue weighted by molar-refractivity contribution is 0.0901. The third-order valence-electron chi connectivity index (χ3n) is 2.54. The van der Waals surface area contributed by atoms with Crippen LogP contribution in [0.2, 0.25) is 0 Å². The minimum absolute atomic E-state index is 0.0503. The largest absolute Gasteiger partial charge is 0.462 e. The summed E-state index contributed by atoms with van der Waals surface area (Å²) in [6.07, 6.45) is 1.59. The van der Waals surface area contributed by atoms with Gasteiger partial charge in [0.25, 0.3) is 5.91 Å². The molecule has 1 atom stereocenters. The average molecular weight is 280 g/mol. The summed E-state index contributed by atoms with van der Waals surface area (Å²) in [7, 11) is 1.60. The number of hydrogen-bond donors (Lipinski definition) is 1. The Bertz CT molecular complexity index is 548. The molecule has 6 heteroatoms. The number of carbonyl (C=O) groups is 1. The summed E-state index contributed by atoms with van der Waals surface area (Å²) in [6, 6.07) is 3.57. The van der Waals surface area contributed by atoms with Gasteiger partial charge in [0, 0.05) is 18.0 Å². The highest BCUT2D eigenvalue weighted by atomic mass is 32.1. The van der Waals surface area contributed by atoms with Crippen molar-refractivity contribution in [1.82, 2.24) is 10.3 Å². The number of aryl methyl sites for hydroxylation is 1. The number of thiazole rings is 1. The fraction of sp³-hybridized carbons (Fsp3) is 0.385. The van der Waals surface area contributed by atoms with Crippen LogP contribution >= 0.6 is 11.3 Å². The second-order valence-corrected chi connectivity index (χ2v) is 5.43. The highest BCUT2D eigenvalue weighted by Gasteiger charge is 2.18. The van der Waals surface area contributed by atoms with E-state index in [1.807, 2.05) is 19.9 Å². The van der Waals surface area contributed by atoms with Crippen LogP contribution < -0.4 is 5.32 Å². The van der Waals surface area contributed by atoms with Gasteiger partial charge in [0.1, 0.15) is 5.69 Å². The second-order valence-electron chi connectivity index (χ2n) is 4.23. The van der Waals surface area contributed by atoms with E-state index in [1.54, 1.807) is 19.4 Å². The molecule has 0 aliphatic rings. The van der Waals surface area contributed by atoms with Gasteiger partial charge in [-0.15, -0.1) is 11.3 Å². The van der Waals surface area contributed by atoms with E-state index in [-0.39, 0.29) is 11.9 Å². The molecule has 2 aromatic rings. The smallest absolute Gasteiger partial charge is 0.271 e. The first-order valence-corrected chi connectivity index (χ1v) is 6.74. The molecule has 2 heterocycles. The zero-order chi connectivity index (χ0) is 13.8. The highest BCUT2D eigenvalue weighted by Crippen LogP contribution is 2.27. The third kappa shape index (κ3) is 3.21. The molecule has 5 nitrogen and oxygen atoms in total. The molecule has 0 radical (unpaired) electrons. The first-order chi connectivity index (χ1) is 9.11. The van der Waals surface area contributed by atoms with Crippen LogP contribution in [-0.2, 0) is 4.74 Å². The van der Waals surface area contributed by atoms with Gasteiger partial charge in [0.15, 0.2) is 10.8 Å². The topological polar surface area (TPSA) is 64.4 Å². The molecular weight excluding hydrogens is 264 g/mol. The fourth-order valence-corrected chi connectivity index (χ4v) is 2.58. The van der Waals surface area contributed by atoms with Gasteiger partial charge < -0.3 is 14.5 Å². The van der Waals surface area contributed by atoms with Gasteiger partial charge >= 0.3 is 0 Å². The van der Waals surface area contributed by atoms with Crippen molar-refractivity contribution in [3.05, 3.63) is 29.0 Å². The Morgan fingerprint density at radius 1 is 1.63 bits per heavy atom. The molecule has 0 saturated carbocycles. The Hall–Kier alpha value is -1.66. The van der Waals surface area contributed by atoms with Crippen molar-refractivity contribution in [3.8, 4) is 10.8 Å². The first kappa shape index (κ1) is 13.8. The molecule has 0 aromatic carbocycles. The van der Waals surface area contributed by atoms with E-state index in [9.17, 15) is 4.79 Å². The lowest BCUT2D eigenvalue weighted by atomic mass is 10.3. The van der Waals surface area contributed by atoms with E-state index in [0.717, 1.165) is 4.88 Å². The predicted octanol–water partition coefficient (Wildman–Crippen LogP) is 2.48. The second kappa shape index (κ2) is 5.99. The van der Waals surface area contributed by atoms with Gasteiger partial charge in [0.2, 0.25) is 0 Å². The molecule has 0 aliphatic carbocycles. The number of ether oxygens (including phenoxy) is 1. The Balaban J connectivity index is 2.14. The summed E-state index contributed by atoms with van der Waals surface area (Å²) in [5, 5.41) is 3.56. The minimum Gasteiger partial charge on any atom is -0.462 e. The van der Waals surface area contributed by atoms with Crippen LogP contribution in [0.1, 0.15) is 22.3 Å². The Morgan fingerprint density at radius 3 is 3.05 bits per heavy atom. The lowest BCUT2D eigenvalue weighted by Crippen LogP contribution is -2.36. The molecule has 102 valence electrons. The maximum atomic E-state index is 12.1. The zero-order valence-corrected chi connectivity index (χ0v) is 11.9. The number of furan rings is 1. The third-order valence-corrected chi connectivity index (χ3v) is 3.52. The summed E-state index contributed by atoms with van der Waals surface area (Å²) in [4.78, 5) is 17.3. The number of amides is 1. The summed E-state index contributed by atoms with van der Waals surface area (Å²) >= 11 is 1.44. The van der Waals surface area contributed by atoms with Crippen LogP contribution in [0.25, 0.3) is 10.8 Å². The fourth-order valence-electron chi connectivity index (χ4n) is 1.70. The van der Waals surface area contributed by atoms with Gasteiger partial charge in [-0.05, 0) is 26.0 Å². The van der Waals surface area contributed by atoms with Gasteiger partial charge in [-0.2, -0.15) is 0 Å². The van der Waals surface area contributed by atoms with Gasteiger partial charge in [0.05, 0.1) is 12.9 Å². The maximum Gasteiger partial charge on any atom is 0.271 e. The Morgan fingerprint density at radius 2 is 2.42 bits per heavy atom. The average Bonchev–Trinajstić information content (AvgIpc) is 2.97. The standard InChI is InChI=1S/C13H16N2O3S/c1-8(7-17-3)14-12(16)11-9(2)19-13(15-11)10-5-4-6-18-10/h4-6,8H,7H2,1-3H3,(H,14,16)/t8-/m0/s1. The Labute approximate surface area is 115 Å². The first-order valence-electron chi connectivity index (χ1n) is 5.93. The molecule has 0 unspecified atom stereocenters. The van der Waals surface area contributed by atoms with E-state index >= 15 is 0 Å². The van der Waals surface area contributed by atoms with Crippen molar-refractivity contribution in [2.75, 3.05) is 13.7 Å². The summed E-state index contributed by atoms with van der Waals surface area (Å²) in [5.41, 5.74) is 0.444. The van der Waals surface area contributed by atoms with Crippen LogP contribution in [0.5, 0.6) is 0 Å². The van der Waals surface area contributed by atoms with E-state index in [4.69, 9.17) is 9.15 Å². The molecule has 2 aromatic heterocycles. The molecule has 1 N–H and O–H groups in total. The number of hydrogen-bond acceptors (Lipinski definition) is 5. The number of methoxy groups -OCH3 is 1. The molecule has 0 spiro atoms. The monoisotopic (exact) mass is 280 g/mol.